The van der Waals surface area contributed by atoms with Gasteiger partial charge >= 0.3 is 0 Å². The molecule has 0 saturated heterocycles. The van der Waals surface area contributed by atoms with Crippen LogP contribution in [0, 0.1) is 0 Å². The van der Waals surface area contributed by atoms with Gasteiger partial charge in [0.05, 0.1) is 6.33 Å². The molecule has 0 unspecified atom stereocenters. The molecule has 5 heteroatoms. The molecule has 1 aromatic carbocycles. The van der Waals surface area contributed by atoms with Gasteiger partial charge in [-0.3, -0.25) is 4.79 Å². The van der Waals surface area contributed by atoms with E-state index in [9.17, 15) is 4.79 Å². The maximum Gasteiger partial charge on any atom is 0.276 e. The van der Waals surface area contributed by atoms with Crippen molar-refractivity contribution in [2.24, 2.45) is 0 Å². The van der Waals surface area contributed by atoms with Crippen LogP contribution < -0.4 is 16.6 Å². The van der Waals surface area contributed by atoms with Gasteiger partial charge in [0.1, 0.15) is 5.69 Å². The smallest absolute Gasteiger partial charge is 0.276 e. The van der Waals surface area contributed by atoms with Gasteiger partial charge in [-0.15, -0.1) is 0 Å². The number of nitrogens with zero attached hydrogens (tertiary/aromatic N) is 1. The number of hydrogen-bond donors (Lipinski definition) is 3. The molecule has 1 heterocycles. The van der Waals surface area contributed by atoms with Crippen LogP contribution in [0.5, 0.6) is 0 Å². The number of nitrogens with two attached hydrogens (primary N) is 1. The molecule has 0 radical (unpaired) electrons. The van der Waals surface area contributed by atoms with Crippen molar-refractivity contribution in [3.05, 3.63) is 46.5 Å². The third-order valence-corrected chi connectivity index (χ3v) is 2.54. The van der Waals surface area contributed by atoms with E-state index in [4.69, 9.17) is 5.73 Å². The fraction of sp³-hybridized carbons (Fsp3) is 0.167. The first-order chi connectivity index (χ1) is 8.22. The zero-order chi connectivity index (χ0) is 12.3. The van der Waals surface area contributed by atoms with Gasteiger partial charge in [0, 0.05) is 5.69 Å². The molecule has 88 valence electrons. The molecule has 0 atom stereocenters. The fourth-order valence-electron chi connectivity index (χ4n) is 1.59. The summed E-state index contributed by atoms with van der Waals surface area (Å²) in [5, 5.41) is 3.08. The highest BCUT2D eigenvalue weighted by atomic mass is 16.1. The minimum Gasteiger partial charge on any atom is -0.391 e. The van der Waals surface area contributed by atoms with Crippen LogP contribution in [-0.2, 0) is 6.42 Å². The number of anilines is 3. The first-order valence-corrected chi connectivity index (χ1v) is 5.40. The maximum atomic E-state index is 11.3. The van der Waals surface area contributed by atoms with Crippen molar-refractivity contribution >= 4 is 17.2 Å². The second-order valence-corrected chi connectivity index (χ2v) is 3.63. The lowest BCUT2D eigenvalue weighted by Gasteiger charge is -2.10. The number of aryl methyl sites for hydroxylation is 1. The Morgan fingerprint density at radius 1 is 1.41 bits per heavy atom. The molecule has 0 saturated carbocycles. The lowest BCUT2D eigenvalue weighted by molar-refractivity contribution is 1.11. The summed E-state index contributed by atoms with van der Waals surface area (Å²) < 4.78 is 0. The number of benzene rings is 1. The molecule has 4 N–H and O–H groups in total. The number of aromatic nitrogens is 2. The highest BCUT2D eigenvalue weighted by molar-refractivity contribution is 5.69. The van der Waals surface area contributed by atoms with Gasteiger partial charge < -0.3 is 16.0 Å². The zero-order valence-electron chi connectivity index (χ0n) is 9.53. The molecule has 5 nitrogen and oxygen atoms in total. The summed E-state index contributed by atoms with van der Waals surface area (Å²) in [7, 11) is 0. The number of para-hydroxylation sites is 1. The SMILES string of the molecule is CCc1ccccc1Nc1nc[nH]c(=O)c1N. The first-order valence-electron chi connectivity index (χ1n) is 5.40. The first kappa shape index (κ1) is 11.2. The minimum absolute atomic E-state index is 0.0957. The van der Waals surface area contributed by atoms with Crippen molar-refractivity contribution in [2.75, 3.05) is 11.1 Å². The Morgan fingerprint density at radius 3 is 2.94 bits per heavy atom. The highest BCUT2D eigenvalue weighted by Crippen LogP contribution is 2.21. The summed E-state index contributed by atoms with van der Waals surface area (Å²) in [6.45, 7) is 2.06. The number of nitrogens with one attached hydrogen (secondary N) is 2. The van der Waals surface area contributed by atoms with Crippen molar-refractivity contribution in [3.63, 3.8) is 0 Å². The van der Waals surface area contributed by atoms with Gasteiger partial charge in [0.25, 0.3) is 5.56 Å². The molecule has 1 aromatic heterocycles. The molecule has 0 aliphatic carbocycles. The third-order valence-electron chi connectivity index (χ3n) is 2.54. The van der Waals surface area contributed by atoms with Gasteiger partial charge in [-0.25, -0.2) is 4.98 Å². The molecule has 2 rings (SSSR count). The molecular weight excluding hydrogens is 216 g/mol. The van der Waals surface area contributed by atoms with Crippen molar-refractivity contribution in [3.8, 4) is 0 Å². The van der Waals surface area contributed by atoms with Gasteiger partial charge in [0.15, 0.2) is 5.82 Å². The summed E-state index contributed by atoms with van der Waals surface area (Å²) in [5.41, 5.74) is 7.48. The summed E-state index contributed by atoms with van der Waals surface area (Å²) >= 11 is 0. The average Bonchev–Trinajstić information content (AvgIpc) is 2.35. The van der Waals surface area contributed by atoms with Crippen LogP contribution in [0.1, 0.15) is 12.5 Å². The Kier molecular flexibility index (Phi) is 3.09. The van der Waals surface area contributed by atoms with E-state index < -0.39 is 0 Å². The second-order valence-electron chi connectivity index (χ2n) is 3.63. The van der Waals surface area contributed by atoms with E-state index in [0.29, 0.717) is 5.82 Å². The second kappa shape index (κ2) is 4.69. The Morgan fingerprint density at radius 2 is 2.18 bits per heavy atom. The van der Waals surface area contributed by atoms with Crippen LogP contribution in [-0.4, -0.2) is 9.97 Å². The van der Waals surface area contributed by atoms with Crippen LogP contribution >= 0.6 is 0 Å². The van der Waals surface area contributed by atoms with Gasteiger partial charge in [-0.1, -0.05) is 25.1 Å². The Hall–Kier alpha value is -2.30. The Balaban J connectivity index is 2.38. The van der Waals surface area contributed by atoms with Crippen molar-refractivity contribution in [1.82, 2.24) is 9.97 Å². The molecule has 0 spiro atoms. The molecule has 2 aromatic rings. The quantitative estimate of drug-likeness (QED) is 0.748. The Labute approximate surface area is 98.7 Å². The molecule has 0 bridgehead atoms. The average molecular weight is 230 g/mol. The molecule has 0 aliphatic heterocycles. The highest BCUT2D eigenvalue weighted by Gasteiger charge is 2.06. The lowest BCUT2D eigenvalue weighted by Crippen LogP contribution is -2.15. The summed E-state index contributed by atoms with van der Waals surface area (Å²) in [4.78, 5) is 17.8. The summed E-state index contributed by atoms with van der Waals surface area (Å²) in [6.07, 6.45) is 2.22. The minimum atomic E-state index is -0.337. The van der Waals surface area contributed by atoms with Gasteiger partial charge in [-0.05, 0) is 18.1 Å². The molecule has 0 fully saturated rings. The number of rotatable bonds is 3. The van der Waals surface area contributed by atoms with E-state index in [1.54, 1.807) is 0 Å². The Bertz CT molecular complexity index is 577. The van der Waals surface area contributed by atoms with Crippen molar-refractivity contribution < 1.29 is 0 Å². The van der Waals surface area contributed by atoms with E-state index in [2.05, 4.69) is 22.2 Å². The number of hydrogen-bond acceptors (Lipinski definition) is 4. The summed E-state index contributed by atoms with van der Waals surface area (Å²) in [5.74, 6) is 0.384. The molecule has 0 aliphatic rings. The maximum absolute atomic E-state index is 11.3. The largest absolute Gasteiger partial charge is 0.391 e. The van der Waals surface area contributed by atoms with Crippen LogP contribution in [0.15, 0.2) is 35.4 Å². The van der Waals surface area contributed by atoms with Gasteiger partial charge in [-0.2, -0.15) is 0 Å². The van der Waals surface area contributed by atoms with Crippen LogP contribution in [0.2, 0.25) is 0 Å². The monoisotopic (exact) mass is 230 g/mol. The van der Waals surface area contributed by atoms with Crippen molar-refractivity contribution in [2.45, 2.75) is 13.3 Å². The molecule has 0 amide bonds. The molecular formula is C12H14N4O. The predicted octanol–water partition coefficient (Wildman–Crippen LogP) is 1.66. The van der Waals surface area contributed by atoms with Crippen LogP contribution in [0.3, 0.4) is 0 Å². The number of aromatic amines is 1. The normalized spacial score (nSPS) is 10.2. The fourth-order valence-corrected chi connectivity index (χ4v) is 1.59. The predicted molar refractivity (Wildman–Crippen MR) is 68.4 cm³/mol. The standard InChI is InChI=1S/C12H14N4O/c1-2-8-5-3-4-6-9(8)16-11-10(13)12(17)15-7-14-11/h3-7H,2,13H2,1H3,(H2,14,15,16,17). The number of H-pyrrole nitrogens is 1. The van der Waals surface area contributed by atoms with Crippen LogP contribution in [0.4, 0.5) is 17.2 Å². The van der Waals surface area contributed by atoms with E-state index in [0.717, 1.165) is 17.7 Å². The molecule has 17 heavy (non-hydrogen) atoms. The van der Waals surface area contributed by atoms with E-state index in [1.165, 1.54) is 6.33 Å². The van der Waals surface area contributed by atoms with E-state index >= 15 is 0 Å². The number of nitrogen functional groups attached to an aromatic ring is 1. The van der Waals surface area contributed by atoms with E-state index in [-0.39, 0.29) is 11.2 Å². The summed E-state index contributed by atoms with van der Waals surface area (Å²) in [6, 6.07) is 7.84. The van der Waals surface area contributed by atoms with Crippen molar-refractivity contribution in [1.29, 1.82) is 0 Å². The van der Waals surface area contributed by atoms with Gasteiger partial charge in [0.2, 0.25) is 0 Å². The lowest BCUT2D eigenvalue weighted by atomic mass is 10.1. The zero-order valence-corrected chi connectivity index (χ0v) is 9.53. The van der Waals surface area contributed by atoms with Crippen LogP contribution in [0.25, 0.3) is 0 Å². The van der Waals surface area contributed by atoms with E-state index in [1.807, 2.05) is 24.3 Å². The topological polar surface area (TPSA) is 83.8 Å². The third kappa shape index (κ3) is 2.28.